The number of hydrogen-bond acceptors (Lipinski definition) is 3. The Labute approximate surface area is 132 Å². The average molecular weight is 303 g/mol. The Morgan fingerprint density at radius 2 is 1.87 bits per heavy atom. The van der Waals surface area contributed by atoms with Crippen molar-refractivity contribution in [3.05, 3.63) is 71.9 Å². The molecular formula is C18H13N3O2. The van der Waals surface area contributed by atoms with Crippen LogP contribution in [0.4, 0.5) is 5.82 Å². The largest absolute Gasteiger partial charge is 0.478 e. The molecule has 112 valence electrons. The van der Waals surface area contributed by atoms with E-state index in [1.807, 2.05) is 30.3 Å². The summed E-state index contributed by atoms with van der Waals surface area (Å²) in [6, 6.07) is 18.0. The number of rotatable bonds is 3. The molecule has 0 saturated carbocycles. The quantitative estimate of drug-likeness (QED) is 0.776. The number of aromatic carboxylic acids is 1. The molecule has 0 fully saturated rings. The summed E-state index contributed by atoms with van der Waals surface area (Å²) in [6.07, 6.45) is 1.75. The van der Waals surface area contributed by atoms with Crippen LogP contribution in [0, 0.1) is 11.3 Å². The number of nitrogens with zero attached hydrogens (tertiary/aromatic N) is 2. The predicted molar refractivity (Wildman–Crippen MR) is 87.3 cm³/mol. The van der Waals surface area contributed by atoms with Gasteiger partial charge in [0.05, 0.1) is 5.56 Å². The summed E-state index contributed by atoms with van der Waals surface area (Å²) in [5.41, 5.74) is 8.83. The first-order valence-corrected chi connectivity index (χ1v) is 6.92. The highest BCUT2D eigenvalue weighted by Crippen LogP contribution is 2.31. The maximum Gasteiger partial charge on any atom is 0.335 e. The zero-order chi connectivity index (χ0) is 16.4. The molecule has 23 heavy (non-hydrogen) atoms. The van der Waals surface area contributed by atoms with Crippen molar-refractivity contribution < 1.29 is 9.90 Å². The summed E-state index contributed by atoms with van der Waals surface area (Å²) in [5, 5.41) is 18.5. The first-order valence-electron chi connectivity index (χ1n) is 6.92. The molecule has 1 aromatic heterocycles. The van der Waals surface area contributed by atoms with Crippen molar-refractivity contribution >= 4 is 11.8 Å². The molecule has 0 aliphatic rings. The Balaban J connectivity index is 2.19. The van der Waals surface area contributed by atoms with Gasteiger partial charge in [0, 0.05) is 17.4 Å². The lowest BCUT2D eigenvalue weighted by atomic mass is 10.1. The molecule has 2 aromatic carbocycles. The molecule has 0 atom stereocenters. The van der Waals surface area contributed by atoms with E-state index in [0.29, 0.717) is 16.8 Å². The molecule has 0 bridgehead atoms. The van der Waals surface area contributed by atoms with Crippen molar-refractivity contribution in [2.24, 2.45) is 0 Å². The van der Waals surface area contributed by atoms with E-state index in [1.165, 1.54) is 12.1 Å². The van der Waals surface area contributed by atoms with Crippen LogP contribution in [-0.4, -0.2) is 15.6 Å². The Morgan fingerprint density at radius 3 is 2.52 bits per heavy atom. The first kappa shape index (κ1) is 14.4. The highest BCUT2D eigenvalue weighted by molar-refractivity contribution is 5.88. The lowest BCUT2D eigenvalue weighted by molar-refractivity contribution is 0.0697. The monoisotopic (exact) mass is 303 g/mol. The molecular weight excluding hydrogens is 290 g/mol. The standard InChI is InChI=1S/C18H13N3O2/c19-10-15-16(12-5-2-1-3-6-12)11-21(17(15)20)14-8-4-7-13(9-14)18(22)23/h1-9,11H,20H2,(H,22,23). The van der Waals surface area contributed by atoms with E-state index in [0.717, 1.165) is 5.56 Å². The van der Waals surface area contributed by atoms with Crippen molar-refractivity contribution in [3.8, 4) is 22.9 Å². The van der Waals surface area contributed by atoms with Gasteiger partial charge in [0.2, 0.25) is 0 Å². The zero-order valence-corrected chi connectivity index (χ0v) is 12.1. The van der Waals surface area contributed by atoms with Gasteiger partial charge in [-0.05, 0) is 23.8 Å². The minimum absolute atomic E-state index is 0.162. The maximum absolute atomic E-state index is 11.1. The zero-order valence-electron chi connectivity index (χ0n) is 12.1. The third-order valence-electron chi connectivity index (χ3n) is 3.61. The highest BCUT2D eigenvalue weighted by Gasteiger charge is 2.16. The van der Waals surface area contributed by atoms with Gasteiger partial charge >= 0.3 is 5.97 Å². The molecule has 0 unspecified atom stereocenters. The van der Waals surface area contributed by atoms with Crippen molar-refractivity contribution in [1.82, 2.24) is 4.57 Å². The summed E-state index contributed by atoms with van der Waals surface area (Å²) in [6.45, 7) is 0. The van der Waals surface area contributed by atoms with Gasteiger partial charge in [0.1, 0.15) is 17.5 Å². The van der Waals surface area contributed by atoms with Crippen LogP contribution in [0.1, 0.15) is 15.9 Å². The van der Waals surface area contributed by atoms with E-state index >= 15 is 0 Å². The van der Waals surface area contributed by atoms with Crippen LogP contribution >= 0.6 is 0 Å². The fourth-order valence-electron chi connectivity index (χ4n) is 2.48. The van der Waals surface area contributed by atoms with Gasteiger partial charge in [0.25, 0.3) is 0 Å². The third kappa shape index (κ3) is 2.54. The van der Waals surface area contributed by atoms with E-state index in [1.54, 1.807) is 22.9 Å². The Hall–Kier alpha value is -3.52. The number of carboxylic acids is 1. The lowest BCUT2D eigenvalue weighted by Crippen LogP contribution is -2.02. The van der Waals surface area contributed by atoms with Crippen molar-refractivity contribution in [2.75, 3.05) is 5.73 Å². The topological polar surface area (TPSA) is 92.0 Å². The second-order valence-corrected chi connectivity index (χ2v) is 5.01. The fourth-order valence-corrected chi connectivity index (χ4v) is 2.48. The Morgan fingerprint density at radius 1 is 1.13 bits per heavy atom. The number of carbonyl (C=O) groups is 1. The van der Waals surface area contributed by atoms with Crippen molar-refractivity contribution in [2.45, 2.75) is 0 Å². The van der Waals surface area contributed by atoms with Gasteiger partial charge in [-0.3, -0.25) is 0 Å². The third-order valence-corrected chi connectivity index (χ3v) is 3.61. The molecule has 3 rings (SSSR count). The summed E-state index contributed by atoms with van der Waals surface area (Å²) < 4.78 is 1.63. The molecule has 0 saturated heterocycles. The number of carboxylic acid groups (broad SMARTS) is 1. The van der Waals surface area contributed by atoms with Gasteiger partial charge in [0.15, 0.2) is 0 Å². The van der Waals surface area contributed by atoms with E-state index in [4.69, 9.17) is 10.8 Å². The van der Waals surface area contributed by atoms with Gasteiger partial charge in [-0.25, -0.2) is 4.79 Å². The maximum atomic E-state index is 11.1. The van der Waals surface area contributed by atoms with Gasteiger partial charge in [-0.15, -0.1) is 0 Å². The van der Waals surface area contributed by atoms with Crippen LogP contribution in [0.15, 0.2) is 60.8 Å². The SMILES string of the molecule is N#Cc1c(-c2ccccc2)cn(-c2cccc(C(=O)O)c2)c1N. The molecule has 0 spiro atoms. The number of aromatic nitrogens is 1. The van der Waals surface area contributed by atoms with Gasteiger partial charge < -0.3 is 15.4 Å². The predicted octanol–water partition coefficient (Wildman–Crippen LogP) is 3.30. The highest BCUT2D eigenvalue weighted by atomic mass is 16.4. The molecule has 0 aliphatic carbocycles. The van der Waals surface area contributed by atoms with Gasteiger partial charge in [-0.1, -0.05) is 36.4 Å². The molecule has 5 heteroatoms. The molecule has 0 aliphatic heterocycles. The van der Waals surface area contributed by atoms with Gasteiger partial charge in [-0.2, -0.15) is 5.26 Å². The molecule has 3 N–H and O–H groups in total. The number of anilines is 1. The average Bonchev–Trinajstić information content (AvgIpc) is 2.92. The Kier molecular flexibility index (Phi) is 3.57. The summed E-state index contributed by atoms with van der Waals surface area (Å²) in [5.74, 6) is -0.727. The summed E-state index contributed by atoms with van der Waals surface area (Å²) in [4.78, 5) is 11.1. The minimum atomic E-state index is -1.01. The first-order chi connectivity index (χ1) is 11.1. The van der Waals surface area contributed by atoms with Crippen LogP contribution in [0.3, 0.4) is 0 Å². The fraction of sp³-hybridized carbons (Fsp3) is 0. The van der Waals surface area contributed by atoms with E-state index in [9.17, 15) is 10.1 Å². The lowest BCUT2D eigenvalue weighted by Gasteiger charge is -2.06. The molecule has 1 heterocycles. The second-order valence-electron chi connectivity index (χ2n) is 5.01. The van der Waals surface area contributed by atoms with Crippen LogP contribution in [0.2, 0.25) is 0 Å². The van der Waals surface area contributed by atoms with Crippen LogP contribution in [0.5, 0.6) is 0 Å². The molecule has 5 nitrogen and oxygen atoms in total. The number of benzene rings is 2. The second kappa shape index (κ2) is 5.70. The molecule has 0 radical (unpaired) electrons. The summed E-state index contributed by atoms with van der Waals surface area (Å²) >= 11 is 0. The van der Waals surface area contributed by atoms with Crippen molar-refractivity contribution in [3.63, 3.8) is 0 Å². The van der Waals surface area contributed by atoms with Crippen molar-refractivity contribution in [1.29, 1.82) is 5.26 Å². The molecule has 0 amide bonds. The Bertz CT molecular complexity index is 921. The minimum Gasteiger partial charge on any atom is -0.478 e. The number of nitrogen functional groups attached to an aromatic ring is 1. The normalized spacial score (nSPS) is 10.2. The van der Waals surface area contributed by atoms with Crippen LogP contribution < -0.4 is 5.73 Å². The number of nitriles is 1. The van der Waals surface area contributed by atoms with E-state index in [-0.39, 0.29) is 11.4 Å². The number of hydrogen-bond donors (Lipinski definition) is 2. The van der Waals surface area contributed by atoms with Crippen LogP contribution in [0.25, 0.3) is 16.8 Å². The summed E-state index contributed by atoms with van der Waals surface area (Å²) in [7, 11) is 0. The number of nitrogens with two attached hydrogens (primary N) is 1. The van der Waals surface area contributed by atoms with Crippen LogP contribution in [-0.2, 0) is 0 Å². The van der Waals surface area contributed by atoms with E-state index < -0.39 is 5.97 Å². The molecule has 3 aromatic rings. The smallest absolute Gasteiger partial charge is 0.335 e. The van der Waals surface area contributed by atoms with E-state index in [2.05, 4.69) is 6.07 Å².